The van der Waals surface area contributed by atoms with Gasteiger partial charge >= 0.3 is 0 Å². The summed E-state index contributed by atoms with van der Waals surface area (Å²) in [5.41, 5.74) is 0.820. The van der Waals surface area contributed by atoms with Gasteiger partial charge in [-0.15, -0.1) is 0 Å². The highest BCUT2D eigenvalue weighted by Crippen LogP contribution is 2.35. The number of rotatable bonds is 2. The van der Waals surface area contributed by atoms with Crippen molar-refractivity contribution in [2.24, 2.45) is 0 Å². The summed E-state index contributed by atoms with van der Waals surface area (Å²) in [6.45, 7) is 0.175. The van der Waals surface area contributed by atoms with Crippen LogP contribution >= 0.6 is 0 Å². The van der Waals surface area contributed by atoms with Gasteiger partial charge in [0.25, 0.3) is 0 Å². The summed E-state index contributed by atoms with van der Waals surface area (Å²) in [5, 5.41) is 10.2. The van der Waals surface area contributed by atoms with Crippen molar-refractivity contribution in [2.45, 2.75) is 6.10 Å². The topological polar surface area (TPSA) is 38.7 Å². The largest absolute Gasteiger partial charge is 0.454 e. The predicted octanol–water partition coefficient (Wildman–Crippen LogP) is 2.64. The molecule has 1 heterocycles. The van der Waals surface area contributed by atoms with Gasteiger partial charge in [0, 0.05) is 5.56 Å². The number of ether oxygens (including phenoxy) is 2. The monoisotopic (exact) mass is 246 g/mol. The van der Waals surface area contributed by atoms with Gasteiger partial charge in [-0.25, -0.2) is 4.39 Å². The molecule has 92 valence electrons. The van der Waals surface area contributed by atoms with Crippen molar-refractivity contribution in [3.8, 4) is 11.5 Å². The summed E-state index contributed by atoms with van der Waals surface area (Å²) in [6.07, 6.45) is -1.01. The zero-order chi connectivity index (χ0) is 12.5. The molecule has 2 aromatic rings. The molecule has 0 aromatic heterocycles. The molecule has 0 spiro atoms. The van der Waals surface area contributed by atoms with E-state index in [-0.39, 0.29) is 12.4 Å². The first-order valence-corrected chi connectivity index (χ1v) is 5.58. The van der Waals surface area contributed by atoms with Crippen LogP contribution in [0.1, 0.15) is 17.2 Å². The second-order valence-corrected chi connectivity index (χ2v) is 4.04. The van der Waals surface area contributed by atoms with Gasteiger partial charge < -0.3 is 14.6 Å². The highest BCUT2D eigenvalue weighted by molar-refractivity contribution is 5.46. The van der Waals surface area contributed by atoms with Crippen LogP contribution in [0.2, 0.25) is 0 Å². The lowest BCUT2D eigenvalue weighted by atomic mass is 10.0. The molecule has 0 fully saturated rings. The maximum Gasteiger partial charge on any atom is 0.231 e. The molecule has 0 saturated heterocycles. The van der Waals surface area contributed by atoms with Crippen molar-refractivity contribution < 1.29 is 19.0 Å². The lowest BCUT2D eigenvalue weighted by molar-refractivity contribution is 0.173. The van der Waals surface area contributed by atoms with Gasteiger partial charge in [-0.05, 0) is 23.8 Å². The number of hydrogen-bond donors (Lipinski definition) is 1. The Bertz CT molecular complexity index is 583. The average molecular weight is 246 g/mol. The molecule has 0 amide bonds. The van der Waals surface area contributed by atoms with Crippen LogP contribution in [-0.2, 0) is 0 Å². The Morgan fingerprint density at radius 1 is 1.06 bits per heavy atom. The van der Waals surface area contributed by atoms with E-state index in [9.17, 15) is 9.50 Å². The minimum absolute atomic E-state index is 0.175. The van der Waals surface area contributed by atoms with Gasteiger partial charge in [0.2, 0.25) is 6.79 Å². The molecule has 1 aliphatic rings. The summed E-state index contributed by atoms with van der Waals surface area (Å²) < 4.78 is 24.0. The van der Waals surface area contributed by atoms with Crippen LogP contribution < -0.4 is 9.47 Å². The molecule has 0 radical (unpaired) electrons. The maximum atomic E-state index is 13.6. The Hall–Kier alpha value is -2.07. The summed E-state index contributed by atoms with van der Waals surface area (Å²) in [6, 6.07) is 11.2. The molecule has 0 bridgehead atoms. The fraction of sp³-hybridized carbons (Fsp3) is 0.143. The van der Waals surface area contributed by atoms with E-state index in [1.165, 1.54) is 6.07 Å². The molecule has 0 saturated carbocycles. The smallest absolute Gasteiger partial charge is 0.231 e. The number of benzene rings is 2. The highest BCUT2D eigenvalue weighted by Gasteiger charge is 2.19. The SMILES string of the molecule is OC(c1ccc2c(c1)OCO2)c1ccccc1F. The maximum absolute atomic E-state index is 13.6. The minimum atomic E-state index is -1.01. The molecule has 4 heteroatoms. The van der Waals surface area contributed by atoms with E-state index < -0.39 is 11.9 Å². The summed E-state index contributed by atoms with van der Waals surface area (Å²) in [5.74, 6) is 0.782. The van der Waals surface area contributed by atoms with E-state index in [0.29, 0.717) is 17.1 Å². The molecule has 1 N–H and O–H groups in total. The second kappa shape index (κ2) is 4.31. The molecular formula is C14H11FO3. The number of hydrogen-bond acceptors (Lipinski definition) is 3. The first-order valence-electron chi connectivity index (χ1n) is 5.58. The van der Waals surface area contributed by atoms with Crippen LogP contribution in [0.5, 0.6) is 11.5 Å². The average Bonchev–Trinajstić information content (AvgIpc) is 2.85. The van der Waals surface area contributed by atoms with E-state index in [2.05, 4.69) is 0 Å². The van der Waals surface area contributed by atoms with E-state index in [0.717, 1.165) is 0 Å². The normalized spacial score (nSPS) is 14.6. The predicted molar refractivity (Wildman–Crippen MR) is 63.0 cm³/mol. The van der Waals surface area contributed by atoms with Gasteiger partial charge in [0.1, 0.15) is 11.9 Å². The van der Waals surface area contributed by atoms with Crippen molar-refractivity contribution >= 4 is 0 Å². The molecule has 18 heavy (non-hydrogen) atoms. The number of fused-ring (bicyclic) bond motifs is 1. The van der Waals surface area contributed by atoms with Crippen LogP contribution in [-0.4, -0.2) is 11.9 Å². The van der Waals surface area contributed by atoms with Crippen molar-refractivity contribution in [2.75, 3.05) is 6.79 Å². The number of aliphatic hydroxyl groups is 1. The first kappa shape index (κ1) is 11.0. The molecule has 1 atom stereocenters. The fourth-order valence-electron chi connectivity index (χ4n) is 1.96. The first-order chi connectivity index (χ1) is 8.75. The number of halogens is 1. The van der Waals surface area contributed by atoms with Crippen molar-refractivity contribution in [1.29, 1.82) is 0 Å². The Morgan fingerprint density at radius 3 is 2.67 bits per heavy atom. The lowest BCUT2D eigenvalue weighted by Gasteiger charge is -2.12. The minimum Gasteiger partial charge on any atom is -0.454 e. The third-order valence-electron chi connectivity index (χ3n) is 2.91. The Morgan fingerprint density at radius 2 is 1.83 bits per heavy atom. The van der Waals surface area contributed by atoms with E-state index in [1.807, 2.05) is 0 Å². The Balaban J connectivity index is 1.98. The van der Waals surface area contributed by atoms with Crippen LogP contribution in [0.25, 0.3) is 0 Å². The van der Waals surface area contributed by atoms with Crippen LogP contribution in [0.4, 0.5) is 4.39 Å². The quantitative estimate of drug-likeness (QED) is 0.885. The van der Waals surface area contributed by atoms with Gasteiger partial charge in [0.05, 0.1) is 0 Å². The van der Waals surface area contributed by atoms with Crippen molar-refractivity contribution in [1.82, 2.24) is 0 Å². The van der Waals surface area contributed by atoms with Crippen molar-refractivity contribution in [3.63, 3.8) is 0 Å². The van der Waals surface area contributed by atoms with Gasteiger partial charge in [0.15, 0.2) is 11.5 Å². The summed E-state index contributed by atoms with van der Waals surface area (Å²) in [4.78, 5) is 0. The highest BCUT2D eigenvalue weighted by atomic mass is 19.1. The summed E-state index contributed by atoms with van der Waals surface area (Å²) >= 11 is 0. The molecule has 3 nitrogen and oxygen atoms in total. The summed E-state index contributed by atoms with van der Waals surface area (Å²) in [7, 11) is 0. The third kappa shape index (κ3) is 1.80. The lowest BCUT2D eigenvalue weighted by Crippen LogP contribution is -2.02. The molecule has 1 aliphatic heterocycles. The Kier molecular flexibility index (Phi) is 2.64. The molecule has 3 rings (SSSR count). The van der Waals surface area contributed by atoms with Crippen LogP contribution in [0, 0.1) is 5.82 Å². The zero-order valence-electron chi connectivity index (χ0n) is 9.47. The van der Waals surface area contributed by atoms with E-state index in [1.54, 1.807) is 36.4 Å². The number of aliphatic hydroxyl groups excluding tert-OH is 1. The molecule has 2 aromatic carbocycles. The van der Waals surface area contributed by atoms with Gasteiger partial charge in [-0.2, -0.15) is 0 Å². The molecular weight excluding hydrogens is 235 g/mol. The standard InChI is InChI=1S/C14H11FO3/c15-11-4-2-1-3-10(11)14(16)9-5-6-12-13(7-9)18-8-17-12/h1-7,14,16H,8H2. The van der Waals surface area contributed by atoms with Gasteiger partial charge in [-0.1, -0.05) is 24.3 Å². The van der Waals surface area contributed by atoms with E-state index >= 15 is 0 Å². The van der Waals surface area contributed by atoms with Gasteiger partial charge in [-0.3, -0.25) is 0 Å². The molecule has 0 aliphatic carbocycles. The third-order valence-corrected chi connectivity index (χ3v) is 2.91. The van der Waals surface area contributed by atoms with Crippen LogP contribution in [0.3, 0.4) is 0 Å². The zero-order valence-corrected chi connectivity index (χ0v) is 9.47. The van der Waals surface area contributed by atoms with E-state index in [4.69, 9.17) is 9.47 Å². The van der Waals surface area contributed by atoms with Crippen LogP contribution in [0.15, 0.2) is 42.5 Å². The fourth-order valence-corrected chi connectivity index (χ4v) is 1.96. The molecule has 1 unspecified atom stereocenters. The van der Waals surface area contributed by atoms with Crippen molar-refractivity contribution in [3.05, 3.63) is 59.4 Å². The second-order valence-electron chi connectivity index (χ2n) is 4.04. The Labute approximate surface area is 103 Å².